The number of hydrogen-bond donors (Lipinski definition) is 3. The molecular weight excluding hydrogens is 202 g/mol. The van der Waals surface area contributed by atoms with E-state index in [1.165, 1.54) is 0 Å². The molecule has 4 heteroatoms. The maximum absolute atomic E-state index is 5.77. The van der Waals surface area contributed by atoms with Gasteiger partial charge in [0.25, 0.3) is 0 Å². The molecule has 0 atom stereocenters. The van der Waals surface area contributed by atoms with Gasteiger partial charge in [-0.1, -0.05) is 6.07 Å². The van der Waals surface area contributed by atoms with Crippen molar-refractivity contribution in [2.45, 2.75) is 0 Å². The van der Waals surface area contributed by atoms with Crippen molar-refractivity contribution >= 4 is 17.1 Å². The summed E-state index contributed by atoms with van der Waals surface area (Å²) in [4.78, 5) is 0. The molecule has 0 spiro atoms. The molecule has 2 rings (SSSR count). The standard InChI is InChI=1S/C12H13N3O/c13-8-2-1-3-10(6-8)16-12-5-4-9(14)7-11(12)15/h1-7H,13-15H2. The molecule has 82 valence electrons. The lowest BCUT2D eigenvalue weighted by Gasteiger charge is -2.09. The first-order chi connectivity index (χ1) is 7.65. The van der Waals surface area contributed by atoms with Crippen LogP contribution in [-0.4, -0.2) is 0 Å². The third kappa shape index (κ3) is 2.17. The van der Waals surface area contributed by atoms with Crippen LogP contribution in [0, 0.1) is 0 Å². The molecule has 0 aliphatic heterocycles. The third-order valence-electron chi connectivity index (χ3n) is 2.12. The molecule has 16 heavy (non-hydrogen) atoms. The van der Waals surface area contributed by atoms with Crippen LogP contribution in [0.2, 0.25) is 0 Å². The molecule has 2 aromatic rings. The normalized spacial score (nSPS) is 10.0. The minimum absolute atomic E-state index is 0.502. The van der Waals surface area contributed by atoms with Gasteiger partial charge in [0, 0.05) is 17.4 Å². The second kappa shape index (κ2) is 4.02. The summed E-state index contributed by atoms with van der Waals surface area (Å²) in [6, 6.07) is 12.3. The molecule has 0 amide bonds. The van der Waals surface area contributed by atoms with Crippen LogP contribution in [0.25, 0.3) is 0 Å². The SMILES string of the molecule is Nc1cccc(Oc2ccc(N)cc2N)c1. The van der Waals surface area contributed by atoms with Gasteiger partial charge in [0.15, 0.2) is 0 Å². The molecule has 0 radical (unpaired) electrons. The van der Waals surface area contributed by atoms with Gasteiger partial charge in [-0.2, -0.15) is 0 Å². The van der Waals surface area contributed by atoms with Crippen molar-refractivity contribution in [1.82, 2.24) is 0 Å². The lowest BCUT2D eigenvalue weighted by atomic mass is 10.2. The monoisotopic (exact) mass is 215 g/mol. The van der Waals surface area contributed by atoms with Crippen molar-refractivity contribution in [3.05, 3.63) is 42.5 Å². The van der Waals surface area contributed by atoms with Crippen molar-refractivity contribution in [1.29, 1.82) is 0 Å². The van der Waals surface area contributed by atoms with E-state index in [-0.39, 0.29) is 0 Å². The lowest BCUT2D eigenvalue weighted by molar-refractivity contribution is 0.485. The summed E-state index contributed by atoms with van der Waals surface area (Å²) in [5, 5.41) is 0. The molecule has 0 saturated carbocycles. The summed E-state index contributed by atoms with van der Waals surface area (Å²) in [6.07, 6.45) is 0. The zero-order chi connectivity index (χ0) is 11.5. The van der Waals surface area contributed by atoms with E-state index in [1.807, 2.05) is 12.1 Å². The van der Waals surface area contributed by atoms with E-state index < -0.39 is 0 Å². The Kier molecular flexibility index (Phi) is 2.55. The number of nitrogens with two attached hydrogens (primary N) is 3. The van der Waals surface area contributed by atoms with Crippen molar-refractivity contribution in [2.75, 3.05) is 17.2 Å². The molecular formula is C12H13N3O. The van der Waals surface area contributed by atoms with Crippen molar-refractivity contribution < 1.29 is 4.74 Å². The maximum atomic E-state index is 5.77. The third-order valence-corrected chi connectivity index (χ3v) is 2.12. The molecule has 4 nitrogen and oxygen atoms in total. The van der Waals surface area contributed by atoms with Gasteiger partial charge in [0.2, 0.25) is 0 Å². The molecule has 0 aromatic heterocycles. The molecule has 6 N–H and O–H groups in total. The Morgan fingerprint density at radius 3 is 2.25 bits per heavy atom. The van der Waals surface area contributed by atoms with Gasteiger partial charge in [-0.25, -0.2) is 0 Å². The summed E-state index contributed by atoms with van der Waals surface area (Å²) in [7, 11) is 0. The Labute approximate surface area is 93.6 Å². The molecule has 0 unspecified atom stereocenters. The van der Waals surface area contributed by atoms with Gasteiger partial charge in [0.1, 0.15) is 11.5 Å². The van der Waals surface area contributed by atoms with E-state index in [2.05, 4.69) is 0 Å². The quantitative estimate of drug-likeness (QED) is 0.670. The smallest absolute Gasteiger partial charge is 0.150 e. The maximum Gasteiger partial charge on any atom is 0.150 e. The van der Waals surface area contributed by atoms with Gasteiger partial charge in [-0.05, 0) is 30.3 Å². The van der Waals surface area contributed by atoms with E-state index in [9.17, 15) is 0 Å². The van der Waals surface area contributed by atoms with Crippen LogP contribution in [0.4, 0.5) is 17.1 Å². The molecule has 0 bridgehead atoms. The minimum atomic E-state index is 0.502. The summed E-state index contributed by atoms with van der Waals surface area (Å²) in [5.74, 6) is 1.22. The first kappa shape index (κ1) is 10.2. The fraction of sp³-hybridized carbons (Fsp3) is 0. The van der Waals surface area contributed by atoms with Gasteiger partial charge < -0.3 is 21.9 Å². The number of hydrogen-bond acceptors (Lipinski definition) is 4. The van der Waals surface area contributed by atoms with E-state index >= 15 is 0 Å². The summed E-state index contributed by atoms with van der Waals surface area (Å²) < 4.78 is 5.58. The number of benzene rings is 2. The number of rotatable bonds is 2. The zero-order valence-electron chi connectivity index (χ0n) is 8.68. The first-order valence-electron chi connectivity index (χ1n) is 4.83. The number of anilines is 3. The predicted octanol–water partition coefficient (Wildman–Crippen LogP) is 2.23. The van der Waals surface area contributed by atoms with Gasteiger partial charge >= 0.3 is 0 Å². The number of nitrogen functional groups attached to an aromatic ring is 3. The van der Waals surface area contributed by atoms with Gasteiger partial charge in [-0.3, -0.25) is 0 Å². The van der Waals surface area contributed by atoms with Crippen LogP contribution in [-0.2, 0) is 0 Å². The minimum Gasteiger partial charge on any atom is -0.455 e. The molecule has 0 aliphatic rings. The lowest BCUT2D eigenvalue weighted by Crippen LogP contribution is -1.94. The molecule has 0 fully saturated rings. The average molecular weight is 215 g/mol. The van der Waals surface area contributed by atoms with Crippen LogP contribution < -0.4 is 21.9 Å². The van der Waals surface area contributed by atoms with Gasteiger partial charge in [0.05, 0.1) is 5.69 Å². The Balaban J connectivity index is 2.27. The molecule has 0 saturated heterocycles. The highest BCUT2D eigenvalue weighted by Gasteiger charge is 2.02. The van der Waals surface area contributed by atoms with Crippen molar-refractivity contribution in [2.24, 2.45) is 0 Å². The van der Waals surface area contributed by atoms with Crippen LogP contribution in [0.15, 0.2) is 42.5 Å². The highest BCUT2D eigenvalue weighted by atomic mass is 16.5. The second-order valence-corrected chi connectivity index (χ2v) is 3.47. The van der Waals surface area contributed by atoms with Crippen LogP contribution >= 0.6 is 0 Å². The highest BCUT2D eigenvalue weighted by Crippen LogP contribution is 2.29. The van der Waals surface area contributed by atoms with Crippen LogP contribution in [0.1, 0.15) is 0 Å². The topological polar surface area (TPSA) is 87.3 Å². The van der Waals surface area contributed by atoms with E-state index in [0.29, 0.717) is 28.6 Å². The van der Waals surface area contributed by atoms with Crippen molar-refractivity contribution in [3.8, 4) is 11.5 Å². The Bertz CT molecular complexity index is 511. The second-order valence-electron chi connectivity index (χ2n) is 3.47. The predicted molar refractivity (Wildman–Crippen MR) is 66.2 cm³/mol. The summed E-state index contributed by atoms with van der Waals surface area (Å²) in [5.41, 5.74) is 18.8. The summed E-state index contributed by atoms with van der Waals surface area (Å²) >= 11 is 0. The van der Waals surface area contributed by atoms with E-state index in [4.69, 9.17) is 21.9 Å². The Hall–Kier alpha value is -2.36. The van der Waals surface area contributed by atoms with Crippen LogP contribution in [0.5, 0.6) is 11.5 Å². The van der Waals surface area contributed by atoms with Crippen molar-refractivity contribution in [3.63, 3.8) is 0 Å². The van der Waals surface area contributed by atoms with E-state index in [0.717, 1.165) is 0 Å². The Morgan fingerprint density at radius 2 is 1.56 bits per heavy atom. The number of ether oxygens (including phenoxy) is 1. The highest BCUT2D eigenvalue weighted by molar-refractivity contribution is 5.61. The fourth-order valence-corrected chi connectivity index (χ4v) is 1.36. The molecule has 0 heterocycles. The van der Waals surface area contributed by atoms with E-state index in [1.54, 1.807) is 30.3 Å². The molecule has 2 aromatic carbocycles. The fourth-order valence-electron chi connectivity index (χ4n) is 1.36. The molecule has 0 aliphatic carbocycles. The average Bonchev–Trinajstić information content (AvgIpc) is 2.22. The van der Waals surface area contributed by atoms with Gasteiger partial charge in [-0.15, -0.1) is 0 Å². The zero-order valence-corrected chi connectivity index (χ0v) is 8.68. The first-order valence-corrected chi connectivity index (χ1v) is 4.83. The Morgan fingerprint density at radius 1 is 0.812 bits per heavy atom. The summed E-state index contributed by atoms with van der Waals surface area (Å²) in [6.45, 7) is 0. The van der Waals surface area contributed by atoms with Crippen LogP contribution in [0.3, 0.4) is 0 Å². The largest absolute Gasteiger partial charge is 0.455 e.